The van der Waals surface area contributed by atoms with Gasteiger partial charge in [0.25, 0.3) is 0 Å². The van der Waals surface area contributed by atoms with Crippen LogP contribution in [0.4, 0.5) is 51.2 Å². The van der Waals surface area contributed by atoms with E-state index in [-0.39, 0.29) is 16.7 Å². The fourth-order valence-corrected chi connectivity index (χ4v) is 16.5. The van der Waals surface area contributed by atoms with Crippen LogP contribution < -0.4 is 14.7 Å². The second-order valence-corrected chi connectivity index (χ2v) is 30.0. The first-order valence-corrected chi connectivity index (χ1v) is 36.3. The highest BCUT2D eigenvalue weighted by molar-refractivity contribution is 6.17. The first-order chi connectivity index (χ1) is 50.4. The topological polar surface area (TPSA) is 9.72 Å². The van der Waals surface area contributed by atoms with E-state index in [4.69, 9.17) is 0 Å². The molecule has 103 heavy (non-hydrogen) atoms. The Kier molecular flexibility index (Phi) is 15.5. The van der Waals surface area contributed by atoms with Crippen LogP contribution in [0.25, 0.3) is 89.0 Å². The van der Waals surface area contributed by atoms with Gasteiger partial charge in [-0.05, 0) is 184 Å². The van der Waals surface area contributed by atoms with Crippen LogP contribution in [-0.4, -0.2) is 0 Å². The molecule has 0 saturated carbocycles. The zero-order valence-electron chi connectivity index (χ0n) is 59.1. The highest BCUT2D eigenvalue weighted by Gasteiger charge is 2.44. The van der Waals surface area contributed by atoms with Crippen molar-refractivity contribution in [3.63, 3.8) is 0 Å². The van der Waals surface area contributed by atoms with E-state index in [9.17, 15) is 0 Å². The quantitative estimate of drug-likeness (QED) is 0.128. The van der Waals surface area contributed by atoms with Crippen molar-refractivity contribution < 1.29 is 0 Å². The van der Waals surface area contributed by atoms with Gasteiger partial charge in [0.15, 0.2) is 0 Å². The molecule has 0 unspecified atom stereocenters. The molecular weight excluding hydrogens is 1240 g/mol. The van der Waals surface area contributed by atoms with Crippen LogP contribution in [-0.2, 0) is 17.3 Å². The third-order valence-electron chi connectivity index (χ3n) is 21.5. The summed E-state index contributed by atoms with van der Waals surface area (Å²) < 4.78 is 0. The van der Waals surface area contributed by atoms with E-state index in [1.54, 1.807) is 0 Å². The molecule has 494 valence electrons. The summed E-state index contributed by atoms with van der Waals surface area (Å²) >= 11 is 0. The highest BCUT2D eigenvalue weighted by Crippen LogP contribution is 2.68. The van der Waals surface area contributed by atoms with Gasteiger partial charge in [0.05, 0.1) is 51.2 Å². The van der Waals surface area contributed by atoms with Gasteiger partial charge in [0.2, 0.25) is 0 Å². The lowest BCUT2D eigenvalue weighted by Crippen LogP contribution is -2.32. The van der Waals surface area contributed by atoms with E-state index in [2.05, 4.69) is 408 Å². The Morgan fingerprint density at radius 1 is 0.223 bits per heavy atom. The zero-order valence-corrected chi connectivity index (χ0v) is 59.1. The molecule has 0 radical (unpaired) electrons. The first-order valence-electron chi connectivity index (χ1n) is 36.3. The van der Waals surface area contributed by atoms with E-state index in [0.29, 0.717) is 0 Å². The average molecular weight is 1320 g/mol. The Morgan fingerprint density at radius 2 is 0.495 bits per heavy atom. The number of hydrogen-bond acceptors (Lipinski definition) is 3. The van der Waals surface area contributed by atoms with E-state index >= 15 is 0 Å². The van der Waals surface area contributed by atoms with Gasteiger partial charge in [0.1, 0.15) is 0 Å². The molecule has 2 aliphatic heterocycles. The van der Waals surface area contributed by atoms with Crippen LogP contribution in [0.15, 0.2) is 352 Å². The summed E-state index contributed by atoms with van der Waals surface area (Å²) in [6, 6.07) is 133. The molecule has 0 saturated heterocycles. The third kappa shape index (κ3) is 11.1. The predicted molar refractivity (Wildman–Crippen MR) is 435 cm³/mol. The number of hydrogen-bond donors (Lipinski definition) is 0. The van der Waals surface area contributed by atoms with Crippen molar-refractivity contribution in [3.8, 4) is 89.0 Å². The van der Waals surface area contributed by atoms with Crippen LogP contribution in [0.1, 0.15) is 86.4 Å². The molecule has 0 atom stereocenters. The molecule has 15 aromatic carbocycles. The second-order valence-electron chi connectivity index (χ2n) is 30.0. The van der Waals surface area contributed by atoms with Gasteiger partial charge in [-0.25, -0.2) is 0 Å². The smallest absolute Gasteiger partial charge is 0.0948 e. The van der Waals surface area contributed by atoms with Gasteiger partial charge < -0.3 is 14.7 Å². The lowest BCUT2D eigenvalue weighted by Gasteiger charge is -2.49. The SMILES string of the molecule is CC(C)(C)c1cc(-c2ccccc2)c(N2c3ccc(-c4ccccc4-c4ccccc4)cc3N3c4cc(-c5ccccc5-c5ccccc5)ccc4N(c4c(-c5ccccc5)cc(C(C)(C)C)cc4-c4ccccc4)c4cc(C5c6ccccc6Cc6ccccc65)cc2c43)c(-c2ccccc2)c1. The maximum Gasteiger partial charge on any atom is 0.0948 e. The van der Waals surface area contributed by atoms with Gasteiger partial charge in [-0.15, -0.1) is 0 Å². The lowest BCUT2D eigenvalue weighted by atomic mass is 9.74. The standard InChI is InChI=1S/C100H79N3/c1-99(2,3)77-62-85(68-37-17-9-18-38-68)96(86(63-77)69-39-19-10-20-40-69)101-89-55-53-74(81-49-31-29-47-79(81)66-33-13-7-14-34-66)58-91(89)103-92-59-75(82-50-32-30-48-80(82)67-35-15-8-16-36-67)54-56-90(92)102(97-87(70-41-21-11-22-42-70)64-78(100(4,5)6)65-88(97)71-43-23-12-24-44-71)94-61-76(60-93(101)98(94)103)95-83-51-27-25-45-72(83)57-73-46-26-28-52-84(73)95/h7-56,58-65,95H,57H2,1-6H3. The summed E-state index contributed by atoms with van der Waals surface area (Å²) in [4.78, 5) is 8.09. The minimum atomic E-state index is -0.208. The molecular formula is C100H79N3. The van der Waals surface area contributed by atoms with Crippen molar-refractivity contribution in [3.05, 3.63) is 391 Å². The van der Waals surface area contributed by atoms with Crippen molar-refractivity contribution in [1.29, 1.82) is 0 Å². The Balaban J connectivity index is 1.06. The van der Waals surface area contributed by atoms with Gasteiger partial charge in [-0.1, -0.05) is 333 Å². The third-order valence-corrected chi connectivity index (χ3v) is 21.5. The number of benzene rings is 15. The lowest BCUT2D eigenvalue weighted by molar-refractivity contribution is 0.590. The molecule has 18 rings (SSSR count). The van der Waals surface area contributed by atoms with Gasteiger partial charge in [0, 0.05) is 28.2 Å². The zero-order chi connectivity index (χ0) is 69.5. The fraction of sp³-hybridized carbons (Fsp3) is 0.100. The maximum atomic E-state index is 2.70. The predicted octanol–water partition coefficient (Wildman–Crippen LogP) is 27.7. The highest BCUT2D eigenvalue weighted by atomic mass is 15.3. The van der Waals surface area contributed by atoms with Crippen LogP contribution in [0.3, 0.4) is 0 Å². The van der Waals surface area contributed by atoms with E-state index in [1.165, 1.54) is 61.2 Å². The molecule has 0 amide bonds. The van der Waals surface area contributed by atoms with Crippen LogP contribution >= 0.6 is 0 Å². The monoisotopic (exact) mass is 1320 g/mol. The molecule has 3 nitrogen and oxygen atoms in total. The molecule has 0 aromatic heterocycles. The van der Waals surface area contributed by atoms with Gasteiger partial charge in [-0.3, -0.25) is 0 Å². The van der Waals surface area contributed by atoms with Crippen molar-refractivity contribution in [2.45, 2.75) is 64.7 Å². The summed E-state index contributed by atoms with van der Waals surface area (Å²) in [7, 11) is 0. The van der Waals surface area contributed by atoms with E-state index < -0.39 is 0 Å². The van der Waals surface area contributed by atoms with E-state index in [0.717, 1.165) is 124 Å². The van der Waals surface area contributed by atoms with Crippen LogP contribution in [0.5, 0.6) is 0 Å². The molecule has 1 aliphatic carbocycles. The summed E-state index contributed by atoms with van der Waals surface area (Å²) in [5, 5.41) is 0. The molecule has 3 aliphatic rings. The normalized spacial score (nSPS) is 13.0. The Hall–Kier alpha value is -12.3. The number of fused-ring (bicyclic) bond motifs is 6. The first kappa shape index (κ1) is 62.9. The molecule has 3 heteroatoms. The van der Waals surface area contributed by atoms with Crippen molar-refractivity contribution >= 4 is 51.2 Å². The van der Waals surface area contributed by atoms with Crippen LogP contribution in [0, 0.1) is 0 Å². The summed E-state index contributed by atoms with van der Waals surface area (Å²) in [5.41, 5.74) is 36.8. The summed E-state index contributed by atoms with van der Waals surface area (Å²) in [5.74, 6) is -0.132. The maximum absolute atomic E-state index is 2.70. The number of nitrogens with zero attached hydrogens (tertiary/aromatic N) is 3. The Labute approximate surface area is 606 Å². The molecule has 2 heterocycles. The largest absolute Gasteiger partial charge is 0.305 e. The fourth-order valence-electron chi connectivity index (χ4n) is 16.5. The summed E-state index contributed by atoms with van der Waals surface area (Å²) in [6.07, 6.45) is 0.862. The summed E-state index contributed by atoms with van der Waals surface area (Å²) in [6.45, 7) is 14.1. The van der Waals surface area contributed by atoms with Crippen molar-refractivity contribution in [2.75, 3.05) is 14.7 Å². The molecule has 0 spiro atoms. The minimum absolute atomic E-state index is 0.132. The molecule has 0 bridgehead atoms. The van der Waals surface area contributed by atoms with Crippen LogP contribution in [0.2, 0.25) is 0 Å². The number of anilines is 9. The van der Waals surface area contributed by atoms with Crippen molar-refractivity contribution in [1.82, 2.24) is 0 Å². The van der Waals surface area contributed by atoms with Gasteiger partial charge >= 0.3 is 0 Å². The van der Waals surface area contributed by atoms with E-state index in [1.807, 2.05) is 0 Å². The van der Waals surface area contributed by atoms with Crippen molar-refractivity contribution in [2.24, 2.45) is 0 Å². The molecule has 0 N–H and O–H groups in total. The minimum Gasteiger partial charge on any atom is -0.305 e. The molecule has 15 aromatic rings. The Bertz CT molecular complexity index is 5260. The van der Waals surface area contributed by atoms with Gasteiger partial charge in [-0.2, -0.15) is 0 Å². The Morgan fingerprint density at radius 3 is 0.816 bits per heavy atom. The number of rotatable bonds is 11. The second kappa shape index (κ2) is 25.4. The average Bonchev–Trinajstić information content (AvgIpc) is 0.685. The molecule has 0 fully saturated rings.